The van der Waals surface area contributed by atoms with E-state index in [4.69, 9.17) is 0 Å². The van der Waals surface area contributed by atoms with Gasteiger partial charge in [-0.25, -0.2) is 0 Å². The van der Waals surface area contributed by atoms with E-state index >= 15 is 0 Å². The Morgan fingerprint density at radius 1 is 0.786 bits per heavy atom. The average Bonchev–Trinajstić information content (AvgIpc) is 1.94. The van der Waals surface area contributed by atoms with Crippen LogP contribution in [0.4, 0.5) is 0 Å². The van der Waals surface area contributed by atoms with Crippen molar-refractivity contribution >= 4 is 0 Å². The van der Waals surface area contributed by atoms with Crippen molar-refractivity contribution in [3.05, 3.63) is 0 Å². The molecule has 0 fully saturated rings. The van der Waals surface area contributed by atoms with Crippen LogP contribution >= 0.6 is 0 Å². The first-order chi connectivity index (χ1) is 6.10. The highest BCUT2D eigenvalue weighted by atomic mass is 16.3. The molecule has 1 nitrogen and oxygen atoms in total. The van der Waals surface area contributed by atoms with Crippen molar-refractivity contribution in [3.8, 4) is 23.7 Å². The van der Waals surface area contributed by atoms with E-state index in [9.17, 15) is 5.11 Å². The molecular weight excluding hydrogens is 172 g/mol. The molecule has 0 amide bonds. The van der Waals surface area contributed by atoms with Crippen molar-refractivity contribution in [1.29, 1.82) is 0 Å². The van der Waals surface area contributed by atoms with Crippen molar-refractivity contribution in [2.45, 2.75) is 47.6 Å². The second-order valence-corrected chi connectivity index (χ2v) is 5.44. The van der Waals surface area contributed by atoms with Gasteiger partial charge in [0, 0.05) is 10.8 Å². The smallest absolute Gasteiger partial charge is 0.176 e. The molecule has 0 radical (unpaired) electrons. The van der Waals surface area contributed by atoms with Gasteiger partial charge in [0.15, 0.2) is 6.10 Å². The van der Waals surface area contributed by atoms with Gasteiger partial charge < -0.3 is 5.11 Å². The molecule has 0 heterocycles. The Morgan fingerprint density at radius 3 is 1.29 bits per heavy atom. The fourth-order valence-corrected chi connectivity index (χ4v) is 0.606. The minimum absolute atomic E-state index is 0.0790. The Morgan fingerprint density at radius 2 is 1.07 bits per heavy atom. The summed E-state index contributed by atoms with van der Waals surface area (Å²) in [5.74, 6) is 11.4. The van der Waals surface area contributed by atoms with E-state index in [0.717, 1.165) is 0 Å². The molecule has 0 aromatic carbocycles. The van der Waals surface area contributed by atoms with Crippen LogP contribution in [-0.4, -0.2) is 11.2 Å². The van der Waals surface area contributed by atoms with Crippen LogP contribution in [0, 0.1) is 34.5 Å². The van der Waals surface area contributed by atoms with E-state index in [1.165, 1.54) is 0 Å². The number of aliphatic hydroxyl groups excluding tert-OH is 1. The van der Waals surface area contributed by atoms with Gasteiger partial charge in [-0.2, -0.15) is 0 Å². The third-order valence-electron chi connectivity index (χ3n) is 1.17. The molecular formula is C13H20O. The summed E-state index contributed by atoms with van der Waals surface area (Å²) in [6.45, 7) is 12.0. The molecule has 0 saturated carbocycles. The molecule has 0 aliphatic heterocycles. The fourth-order valence-electron chi connectivity index (χ4n) is 0.606. The normalized spacial score (nSPS) is 11.4. The molecule has 0 aliphatic carbocycles. The van der Waals surface area contributed by atoms with Crippen LogP contribution in [0.15, 0.2) is 0 Å². The average molecular weight is 192 g/mol. The zero-order valence-corrected chi connectivity index (χ0v) is 10.0. The largest absolute Gasteiger partial charge is 0.369 e. The highest BCUT2D eigenvalue weighted by molar-refractivity contribution is 5.23. The maximum atomic E-state index is 9.43. The monoisotopic (exact) mass is 192 g/mol. The first-order valence-electron chi connectivity index (χ1n) is 4.84. The third-order valence-corrected chi connectivity index (χ3v) is 1.17. The molecule has 0 unspecified atom stereocenters. The molecule has 14 heavy (non-hydrogen) atoms. The summed E-state index contributed by atoms with van der Waals surface area (Å²) in [6, 6.07) is 0. The Hall–Kier alpha value is -0.920. The quantitative estimate of drug-likeness (QED) is 0.584. The van der Waals surface area contributed by atoms with E-state index in [2.05, 4.69) is 23.7 Å². The van der Waals surface area contributed by atoms with Gasteiger partial charge in [-0.3, -0.25) is 0 Å². The van der Waals surface area contributed by atoms with Crippen molar-refractivity contribution < 1.29 is 5.11 Å². The van der Waals surface area contributed by atoms with E-state index in [1.807, 2.05) is 41.5 Å². The Bertz CT molecular complexity index is 259. The van der Waals surface area contributed by atoms with Crippen LogP contribution in [0.3, 0.4) is 0 Å². The number of rotatable bonds is 0. The lowest BCUT2D eigenvalue weighted by molar-refractivity contribution is 0.288. The summed E-state index contributed by atoms with van der Waals surface area (Å²) in [6.07, 6.45) is -0.826. The molecule has 0 aromatic rings. The Kier molecular flexibility index (Phi) is 4.24. The molecule has 0 bridgehead atoms. The maximum Gasteiger partial charge on any atom is 0.176 e. The first-order valence-corrected chi connectivity index (χ1v) is 4.84. The minimum Gasteiger partial charge on any atom is -0.369 e. The van der Waals surface area contributed by atoms with E-state index in [-0.39, 0.29) is 10.8 Å². The number of hydrogen-bond donors (Lipinski definition) is 1. The van der Waals surface area contributed by atoms with E-state index in [0.29, 0.717) is 0 Å². The molecule has 0 rings (SSSR count). The molecule has 0 aliphatic rings. The lowest BCUT2D eigenvalue weighted by atomic mass is 9.96. The first kappa shape index (κ1) is 13.1. The summed E-state index contributed by atoms with van der Waals surface area (Å²) in [5, 5.41) is 9.43. The predicted octanol–water partition coefficient (Wildman–Crippen LogP) is 2.45. The molecule has 0 spiro atoms. The van der Waals surface area contributed by atoms with Crippen molar-refractivity contribution in [2.75, 3.05) is 0 Å². The fraction of sp³-hybridized carbons (Fsp3) is 0.692. The van der Waals surface area contributed by atoms with Crippen molar-refractivity contribution in [3.63, 3.8) is 0 Å². The van der Waals surface area contributed by atoms with E-state index < -0.39 is 6.10 Å². The summed E-state index contributed by atoms with van der Waals surface area (Å²) >= 11 is 0. The van der Waals surface area contributed by atoms with Crippen LogP contribution in [0.1, 0.15) is 41.5 Å². The highest BCUT2D eigenvalue weighted by Crippen LogP contribution is 2.11. The molecule has 1 heteroatoms. The van der Waals surface area contributed by atoms with Crippen LogP contribution in [0.5, 0.6) is 0 Å². The Labute approximate surface area is 87.9 Å². The Balaban J connectivity index is 4.42. The van der Waals surface area contributed by atoms with E-state index in [1.54, 1.807) is 0 Å². The summed E-state index contributed by atoms with van der Waals surface area (Å²) in [7, 11) is 0. The topological polar surface area (TPSA) is 20.2 Å². The van der Waals surface area contributed by atoms with Gasteiger partial charge in [-0.05, 0) is 41.5 Å². The van der Waals surface area contributed by atoms with Crippen molar-refractivity contribution in [1.82, 2.24) is 0 Å². The van der Waals surface area contributed by atoms with Gasteiger partial charge in [0.25, 0.3) is 0 Å². The zero-order valence-electron chi connectivity index (χ0n) is 10.0. The van der Waals surface area contributed by atoms with Gasteiger partial charge in [0.05, 0.1) is 0 Å². The van der Waals surface area contributed by atoms with Crippen LogP contribution in [-0.2, 0) is 0 Å². The van der Waals surface area contributed by atoms with Crippen LogP contribution in [0.25, 0.3) is 0 Å². The standard InChI is InChI=1S/C13H20O/c1-12(2,3)9-7-11(14)8-10-13(4,5)6/h11,14H,1-6H3. The van der Waals surface area contributed by atoms with Crippen molar-refractivity contribution in [2.24, 2.45) is 10.8 Å². The van der Waals surface area contributed by atoms with Gasteiger partial charge in [0.1, 0.15) is 0 Å². The number of hydrogen-bond acceptors (Lipinski definition) is 1. The molecule has 0 aromatic heterocycles. The third kappa shape index (κ3) is 9.17. The second kappa shape index (κ2) is 4.54. The highest BCUT2D eigenvalue weighted by Gasteiger charge is 2.06. The summed E-state index contributed by atoms with van der Waals surface area (Å²) in [4.78, 5) is 0. The van der Waals surface area contributed by atoms with Gasteiger partial charge >= 0.3 is 0 Å². The summed E-state index contributed by atoms with van der Waals surface area (Å²) < 4.78 is 0. The lowest BCUT2D eigenvalue weighted by Crippen LogP contribution is -2.06. The lowest BCUT2D eigenvalue weighted by Gasteiger charge is -2.08. The molecule has 1 N–H and O–H groups in total. The minimum atomic E-state index is -0.826. The molecule has 0 saturated heterocycles. The molecule has 0 atom stereocenters. The SMILES string of the molecule is CC(C)(C)C#CC(O)C#CC(C)(C)C. The van der Waals surface area contributed by atoms with Gasteiger partial charge in [-0.15, -0.1) is 0 Å². The number of aliphatic hydroxyl groups is 1. The maximum absolute atomic E-state index is 9.43. The molecule has 78 valence electrons. The predicted molar refractivity (Wildman–Crippen MR) is 60.5 cm³/mol. The van der Waals surface area contributed by atoms with Gasteiger partial charge in [-0.1, -0.05) is 23.7 Å². The van der Waals surface area contributed by atoms with Crippen LogP contribution < -0.4 is 0 Å². The van der Waals surface area contributed by atoms with Crippen LogP contribution in [0.2, 0.25) is 0 Å². The zero-order chi connectivity index (χ0) is 11.4. The van der Waals surface area contributed by atoms with Gasteiger partial charge in [0.2, 0.25) is 0 Å². The summed E-state index contributed by atoms with van der Waals surface area (Å²) in [5.41, 5.74) is -0.158. The second-order valence-electron chi connectivity index (χ2n) is 5.44.